The van der Waals surface area contributed by atoms with Gasteiger partial charge in [-0.05, 0) is 43.2 Å². The third kappa shape index (κ3) is 2.85. The van der Waals surface area contributed by atoms with Gasteiger partial charge in [0.25, 0.3) is 0 Å². The second-order valence-corrected chi connectivity index (χ2v) is 4.44. The molecular weight excluding hydrogens is 238 g/mol. The summed E-state index contributed by atoms with van der Waals surface area (Å²) in [5, 5.41) is 9.66. The molecular formula is C15H19N3O. The highest BCUT2D eigenvalue weighted by Crippen LogP contribution is 2.30. The summed E-state index contributed by atoms with van der Waals surface area (Å²) < 4.78 is 0. The molecule has 4 heteroatoms. The standard InChI is InChI=1S/C15H19N3O/c1-3-18(14-9-13(19)5-4-11(14)2)15-8-12(10-16)6-7-17-15/h4-9,19H,3,10,16H2,1-2H3. The van der Waals surface area contributed by atoms with Crippen LogP contribution in [0.4, 0.5) is 11.5 Å². The van der Waals surface area contributed by atoms with E-state index in [1.807, 2.05) is 25.1 Å². The average Bonchev–Trinajstić information content (AvgIpc) is 2.44. The highest BCUT2D eigenvalue weighted by Gasteiger charge is 2.12. The third-order valence-electron chi connectivity index (χ3n) is 3.12. The molecule has 1 aromatic heterocycles. The van der Waals surface area contributed by atoms with Crippen molar-refractivity contribution >= 4 is 11.5 Å². The van der Waals surface area contributed by atoms with Crippen LogP contribution < -0.4 is 10.6 Å². The van der Waals surface area contributed by atoms with Crippen molar-refractivity contribution in [2.45, 2.75) is 20.4 Å². The number of anilines is 2. The predicted molar refractivity (Wildman–Crippen MR) is 77.7 cm³/mol. The molecule has 0 unspecified atom stereocenters. The van der Waals surface area contributed by atoms with E-state index in [9.17, 15) is 5.11 Å². The number of phenols is 1. The van der Waals surface area contributed by atoms with Gasteiger partial charge < -0.3 is 15.7 Å². The van der Waals surface area contributed by atoms with Crippen molar-refractivity contribution in [1.82, 2.24) is 4.98 Å². The summed E-state index contributed by atoms with van der Waals surface area (Å²) >= 11 is 0. The van der Waals surface area contributed by atoms with Crippen molar-refractivity contribution in [3.05, 3.63) is 47.7 Å². The molecule has 1 heterocycles. The fourth-order valence-electron chi connectivity index (χ4n) is 2.08. The van der Waals surface area contributed by atoms with Crippen LogP contribution in [0.5, 0.6) is 5.75 Å². The molecule has 0 aliphatic rings. The molecule has 0 atom stereocenters. The minimum Gasteiger partial charge on any atom is -0.508 e. The van der Waals surface area contributed by atoms with Crippen LogP contribution in [0.3, 0.4) is 0 Å². The number of aromatic nitrogens is 1. The number of hydrogen-bond acceptors (Lipinski definition) is 4. The minimum atomic E-state index is 0.258. The predicted octanol–water partition coefficient (Wildman–Crippen LogP) is 2.71. The average molecular weight is 257 g/mol. The van der Waals surface area contributed by atoms with Gasteiger partial charge in [0.1, 0.15) is 11.6 Å². The molecule has 0 aliphatic heterocycles. The molecule has 1 aromatic carbocycles. The van der Waals surface area contributed by atoms with E-state index in [0.717, 1.165) is 29.2 Å². The van der Waals surface area contributed by atoms with E-state index in [1.165, 1.54) is 0 Å². The zero-order chi connectivity index (χ0) is 13.8. The van der Waals surface area contributed by atoms with Gasteiger partial charge in [0.05, 0.1) is 0 Å². The van der Waals surface area contributed by atoms with Gasteiger partial charge in [-0.15, -0.1) is 0 Å². The molecule has 0 spiro atoms. The first-order valence-electron chi connectivity index (χ1n) is 6.38. The first-order valence-corrected chi connectivity index (χ1v) is 6.38. The first-order chi connectivity index (χ1) is 9.15. The van der Waals surface area contributed by atoms with Crippen LogP contribution in [0.1, 0.15) is 18.1 Å². The molecule has 19 heavy (non-hydrogen) atoms. The number of nitrogens with zero attached hydrogens (tertiary/aromatic N) is 2. The molecule has 0 bridgehead atoms. The van der Waals surface area contributed by atoms with Gasteiger partial charge >= 0.3 is 0 Å². The number of aromatic hydroxyl groups is 1. The maximum Gasteiger partial charge on any atom is 0.133 e. The molecule has 4 nitrogen and oxygen atoms in total. The van der Waals surface area contributed by atoms with Gasteiger partial charge in [0, 0.05) is 31.0 Å². The van der Waals surface area contributed by atoms with E-state index in [0.29, 0.717) is 6.54 Å². The summed E-state index contributed by atoms with van der Waals surface area (Å²) in [6.45, 7) is 5.34. The van der Waals surface area contributed by atoms with Gasteiger partial charge in [-0.1, -0.05) is 6.07 Å². The Labute approximate surface area is 113 Å². The van der Waals surface area contributed by atoms with Crippen LogP contribution in [0.15, 0.2) is 36.5 Å². The van der Waals surface area contributed by atoms with Gasteiger partial charge in [0.15, 0.2) is 0 Å². The number of pyridine rings is 1. The van der Waals surface area contributed by atoms with Crippen LogP contribution >= 0.6 is 0 Å². The third-order valence-corrected chi connectivity index (χ3v) is 3.12. The normalized spacial score (nSPS) is 10.5. The Hall–Kier alpha value is -2.07. The highest BCUT2D eigenvalue weighted by molar-refractivity contribution is 5.65. The number of aryl methyl sites for hydroxylation is 1. The molecule has 100 valence electrons. The Morgan fingerprint density at radius 1 is 1.26 bits per heavy atom. The number of hydrogen-bond donors (Lipinski definition) is 2. The molecule has 3 N–H and O–H groups in total. The van der Waals surface area contributed by atoms with Gasteiger partial charge in [-0.3, -0.25) is 0 Å². The topological polar surface area (TPSA) is 62.4 Å². The molecule has 0 saturated carbocycles. The van der Waals surface area contributed by atoms with Crippen molar-refractivity contribution in [2.24, 2.45) is 5.73 Å². The van der Waals surface area contributed by atoms with Crippen molar-refractivity contribution in [2.75, 3.05) is 11.4 Å². The minimum absolute atomic E-state index is 0.258. The van der Waals surface area contributed by atoms with Gasteiger partial charge in [-0.25, -0.2) is 4.98 Å². The van der Waals surface area contributed by atoms with Gasteiger partial charge in [0.2, 0.25) is 0 Å². The number of benzene rings is 1. The molecule has 0 aliphatic carbocycles. The van der Waals surface area contributed by atoms with E-state index in [4.69, 9.17) is 5.73 Å². The summed E-state index contributed by atoms with van der Waals surface area (Å²) in [6.07, 6.45) is 1.76. The SMILES string of the molecule is CCN(c1cc(CN)ccn1)c1cc(O)ccc1C. The highest BCUT2D eigenvalue weighted by atomic mass is 16.3. The smallest absolute Gasteiger partial charge is 0.133 e. The first kappa shape index (κ1) is 13.4. The van der Waals surface area contributed by atoms with Crippen LogP contribution in [0.2, 0.25) is 0 Å². The van der Waals surface area contributed by atoms with Crippen molar-refractivity contribution in [1.29, 1.82) is 0 Å². The summed E-state index contributed by atoms with van der Waals surface area (Å²) in [7, 11) is 0. The monoisotopic (exact) mass is 257 g/mol. The lowest BCUT2D eigenvalue weighted by Crippen LogP contribution is -2.18. The lowest BCUT2D eigenvalue weighted by molar-refractivity contribution is 0.475. The fraction of sp³-hybridized carbons (Fsp3) is 0.267. The number of rotatable bonds is 4. The summed E-state index contributed by atoms with van der Waals surface area (Å²) in [6, 6.07) is 9.24. The van der Waals surface area contributed by atoms with Crippen molar-refractivity contribution in [3.63, 3.8) is 0 Å². The van der Waals surface area contributed by atoms with Crippen LogP contribution in [0, 0.1) is 6.92 Å². The van der Waals surface area contributed by atoms with Gasteiger partial charge in [-0.2, -0.15) is 0 Å². The second kappa shape index (κ2) is 5.71. The van der Waals surface area contributed by atoms with E-state index < -0.39 is 0 Å². The molecule has 0 radical (unpaired) electrons. The lowest BCUT2D eigenvalue weighted by Gasteiger charge is -2.24. The Balaban J connectivity index is 2.46. The largest absolute Gasteiger partial charge is 0.508 e. The van der Waals surface area contributed by atoms with E-state index in [-0.39, 0.29) is 5.75 Å². The summed E-state index contributed by atoms with van der Waals surface area (Å²) in [4.78, 5) is 6.46. The molecule has 2 rings (SSSR count). The zero-order valence-corrected chi connectivity index (χ0v) is 11.3. The Morgan fingerprint density at radius 3 is 2.74 bits per heavy atom. The molecule has 0 fully saturated rings. The lowest BCUT2D eigenvalue weighted by atomic mass is 10.1. The van der Waals surface area contributed by atoms with E-state index >= 15 is 0 Å². The Morgan fingerprint density at radius 2 is 2.05 bits per heavy atom. The maximum atomic E-state index is 9.66. The Bertz CT molecular complexity index is 569. The van der Waals surface area contributed by atoms with E-state index in [2.05, 4.69) is 16.8 Å². The van der Waals surface area contributed by atoms with Crippen LogP contribution in [-0.4, -0.2) is 16.6 Å². The maximum absolute atomic E-state index is 9.66. The van der Waals surface area contributed by atoms with E-state index in [1.54, 1.807) is 18.3 Å². The van der Waals surface area contributed by atoms with Crippen molar-refractivity contribution in [3.8, 4) is 5.75 Å². The Kier molecular flexibility index (Phi) is 4.02. The number of phenolic OH excluding ortho intramolecular Hbond substituents is 1. The van der Waals surface area contributed by atoms with Crippen LogP contribution in [0.25, 0.3) is 0 Å². The molecule has 2 aromatic rings. The molecule has 0 saturated heterocycles. The van der Waals surface area contributed by atoms with Crippen molar-refractivity contribution < 1.29 is 5.11 Å². The summed E-state index contributed by atoms with van der Waals surface area (Å²) in [5.74, 6) is 1.10. The number of nitrogens with two attached hydrogens (primary N) is 1. The zero-order valence-electron chi connectivity index (χ0n) is 11.3. The fourth-order valence-corrected chi connectivity index (χ4v) is 2.08. The van der Waals surface area contributed by atoms with Crippen LogP contribution in [-0.2, 0) is 6.54 Å². The quantitative estimate of drug-likeness (QED) is 0.884. The second-order valence-electron chi connectivity index (χ2n) is 4.44. The molecule has 0 amide bonds. The summed E-state index contributed by atoms with van der Waals surface area (Å²) in [5.41, 5.74) is 8.77.